The van der Waals surface area contributed by atoms with Gasteiger partial charge in [0.25, 0.3) is 11.8 Å². The van der Waals surface area contributed by atoms with E-state index in [1.807, 2.05) is 0 Å². The average Bonchev–Trinajstić information content (AvgIpc) is 2.80. The molecule has 18 heavy (non-hydrogen) atoms. The van der Waals surface area contributed by atoms with Gasteiger partial charge in [-0.2, -0.15) is 0 Å². The van der Waals surface area contributed by atoms with E-state index < -0.39 is 25.0 Å². The van der Waals surface area contributed by atoms with Crippen molar-refractivity contribution in [2.45, 2.75) is 31.6 Å². The van der Waals surface area contributed by atoms with E-state index >= 15 is 0 Å². The fourth-order valence-electron chi connectivity index (χ4n) is 1.96. The Labute approximate surface area is 108 Å². The van der Waals surface area contributed by atoms with E-state index in [4.69, 9.17) is 5.11 Å². The van der Waals surface area contributed by atoms with Crippen LogP contribution in [0.3, 0.4) is 0 Å². The Balaban J connectivity index is 1.99. The molecule has 2 N–H and O–H groups in total. The Hall–Kier alpha value is -1.01. The molecule has 100 valence electrons. The highest BCUT2D eigenvalue weighted by atomic mass is 32.1. The van der Waals surface area contributed by atoms with E-state index in [0.717, 1.165) is 25.7 Å². The Morgan fingerprint density at radius 1 is 1.44 bits per heavy atom. The van der Waals surface area contributed by atoms with Gasteiger partial charge in [-0.25, -0.2) is 8.78 Å². The average molecular weight is 275 g/mol. The molecule has 1 aromatic rings. The number of carbonyl (C=O) groups excluding carboxylic acids is 1. The topological polar surface area (TPSA) is 49.3 Å². The predicted molar refractivity (Wildman–Crippen MR) is 65.3 cm³/mol. The lowest BCUT2D eigenvalue weighted by atomic mass is 9.99. The molecule has 0 aliphatic heterocycles. The highest BCUT2D eigenvalue weighted by Gasteiger charge is 2.28. The first-order chi connectivity index (χ1) is 8.52. The van der Waals surface area contributed by atoms with E-state index in [0.29, 0.717) is 4.88 Å². The minimum atomic E-state index is -3.26. The fraction of sp³-hybridized carbons (Fsp3) is 0.583. The standard InChI is InChI=1S/C12H15F2NO2S/c13-12(14,7-16)6-15-11(17)10-5-8-3-1-2-4-9(8)18-10/h5,16H,1-4,6-7H2,(H,15,17). The molecule has 0 unspecified atom stereocenters. The lowest BCUT2D eigenvalue weighted by Crippen LogP contribution is -2.38. The summed E-state index contributed by atoms with van der Waals surface area (Å²) in [6.45, 7) is -2.08. The van der Waals surface area contributed by atoms with E-state index in [1.165, 1.54) is 21.8 Å². The van der Waals surface area contributed by atoms with Crippen molar-refractivity contribution in [2.75, 3.05) is 13.2 Å². The summed E-state index contributed by atoms with van der Waals surface area (Å²) in [4.78, 5) is 13.4. The molecule has 1 amide bonds. The highest BCUT2D eigenvalue weighted by molar-refractivity contribution is 7.14. The molecule has 0 fully saturated rings. The number of aliphatic hydroxyl groups is 1. The maximum Gasteiger partial charge on any atom is 0.287 e. The summed E-state index contributed by atoms with van der Waals surface area (Å²) >= 11 is 1.38. The Kier molecular flexibility index (Phi) is 3.97. The number of aliphatic hydroxyl groups excluding tert-OH is 1. The third-order valence-corrected chi connectivity index (χ3v) is 4.20. The molecule has 0 aromatic carbocycles. The lowest BCUT2D eigenvalue weighted by molar-refractivity contribution is -0.0461. The van der Waals surface area contributed by atoms with Crippen LogP contribution >= 0.6 is 11.3 Å². The van der Waals surface area contributed by atoms with Gasteiger partial charge in [0.05, 0.1) is 11.4 Å². The second-order valence-electron chi connectivity index (χ2n) is 4.46. The number of aryl methyl sites for hydroxylation is 2. The number of hydrogen-bond acceptors (Lipinski definition) is 3. The summed E-state index contributed by atoms with van der Waals surface area (Å²) in [7, 11) is 0. The van der Waals surface area contributed by atoms with Gasteiger partial charge in [0.15, 0.2) is 0 Å². The first-order valence-corrected chi connectivity index (χ1v) is 6.72. The largest absolute Gasteiger partial charge is 0.390 e. The van der Waals surface area contributed by atoms with Crippen molar-refractivity contribution < 1.29 is 18.7 Å². The number of amides is 1. The number of halogens is 2. The number of fused-ring (bicyclic) bond motifs is 1. The minimum Gasteiger partial charge on any atom is -0.390 e. The Morgan fingerprint density at radius 3 is 2.83 bits per heavy atom. The molecule has 1 aromatic heterocycles. The van der Waals surface area contributed by atoms with E-state index in [9.17, 15) is 13.6 Å². The van der Waals surface area contributed by atoms with Crippen LogP contribution in [0.15, 0.2) is 6.07 Å². The number of thiophene rings is 1. The van der Waals surface area contributed by atoms with Crippen LogP contribution in [0.4, 0.5) is 8.78 Å². The van der Waals surface area contributed by atoms with E-state index in [2.05, 4.69) is 5.32 Å². The fourth-order valence-corrected chi connectivity index (χ4v) is 3.13. The molecule has 0 atom stereocenters. The third kappa shape index (κ3) is 3.05. The third-order valence-electron chi connectivity index (χ3n) is 2.96. The SMILES string of the molecule is O=C(NCC(F)(F)CO)c1cc2c(s1)CCCC2. The van der Waals surface area contributed by atoms with Crippen LogP contribution in [-0.4, -0.2) is 30.1 Å². The molecular weight excluding hydrogens is 260 g/mol. The maximum absolute atomic E-state index is 12.8. The van der Waals surface area contributed by atoms with Gasteiger partial charge in [0.2, 0.25) is 0 Å². The molecule has 0 spiro atoms. The monoisotopic (exact) mass is 275 g/mol. The second kappa shape index (κ2) is 5.32. The van der Waals surface area contributed by atoms with Crippen molar-refractivity contribution in [2.24, 2.45) is 0 Å². The summed E-state index contributed by atoms with van der Waals surface area (Å²) in [5, 5.41) is 10.6. The molecule has 0 saturated heterocycles. The lowest BCUT2D eigenvalue weighted by Gasteiger charge is -2.13. The quantitative estimate of drug-likeness (QED) is 0.883. The first kappa shape index (κ1) is 13.4. The van der Waals surface area contributed by atoms with Crippen LogP contribution in [-0.2, 0) is 12.8 Å². The van der Waals surface area contributed by atoms with Crippen LogP contribution in [0, 0.1) is 0 Å². The number of nitrogens with one attached hydrogen (secondary N) is 1. The van der Waals surface area contributed by atoms with Crippen molar-refractivity contribution in [3.63, 3.8) is 0 Å². The van der Waals surface area contributed by atoms with Gasteiger partial charge >= 0.3 is 0 Å². The summed E-state index contributed by atoms with van der Waals surface area (Å²) in [5.41, 5.74) is 1.17. The zero-order valence-corrected chi connectivity index (χ0v) is 10.7. The second-order valence-corrected chi connectivity index (χ2v) is 5.60. The van der Waals surface area contributed by atoms with Crippen LogP contribution in [0.5, 0.6) is 0 Å². The number of carbonyl (C=O) groups is 1. The van der Waals surface area contributed by atoms with E-state index in [-0.39, 0.29) is 0 Å². The van der Waals surface area contributed by atoms with Gasteiger partial charge in [-0.1, -0.05) is 0 Å². The normalized spacial score (nSPS) is 15.3. The first-order valence-electron chi connectivity index (χ1n) is 5.90. The minimum absolute atomic E-state index is 0.482. The van der Waals surface area contributed by atoms with E-state index in [1.54, 1.807) is 6.07 Å². The maximum atomic E-state index is 12.8. The Bertz CT molecular complexity index is 422. The van der Waals surface area contributed by atoms with Gasteiger partial charge in [-0.05, 0) is 37.3 Å². The molecule has 3 nitrogen and oxygen atoms in total. The van der Waals surface area contributed by atoms with Crippen molar-refractivity contribution in [3.05, 3.63) is 21.4 Å². The number of hydrogen-bond donors (Lipinski definition) is 2. The molecule has 6 heteroatoms. The van der Waals surface area contributed by atoms with Crippen LogP contribution < -0.4 is 5.32 Å². The Morgan fingerprint density at radius 2 is 2.17 bits per heavy atom. The summed E-state index contributed by atoms with van der Waals surface area (Å²) in [6, 6.07) is 1.80. The molecule has 0 bridgehead atoms. The molecule has 1 aliphatic carbocycles. The van der Waals surface area contributed by atoms with Crippen molar-refractivity contribution >= 4 is 17.2 Å². The molecular formula is C12H15F2NO2S. The number of alkyl halides is 2. The van der Waals surface area contributed by atoms with Gasteiger partial charge < -0.3 is 10.4 Å². The zero-order valence-electron chi connectivity index (χ0n) is 9.84. The highest BCUT2D eigenvalue weighted by Crippen LogP contribution is 2.29. The van der Waals surface area contributed by atoms with Gasteiger partial charge in [-0.3, -0.25) is 4.79 Å². The van der Waals surface area contributed by atoms with Gasteiger partial charge in [0.1, 0.15) is 6.61 Å². The molecule has 0 saturated carbocycles. The van der Waals surface area contributed by atoms with Crippen molar-refractivity contribution in [3.8, 4) is 0 Å². The molecule has 1 aliphatic rings. The number of rotatable bonds is 4. The summed E-state index contributed by atoms with van der Waals surface area (Å²) in [5.74, 6) is -3.74. The molecule has 1 heterocycles. The molecule has 0 radical (unpaired) electrons. The smallest absolute Gasteiger partial charge is 0.287 e. The van der Waals surface area contributed by atoms with Crippen LogP contribution in [0.1, 0.15) is 33.0 Å². The predicted octanol–water partition coefficient (Wildman–Crippen LogP) is 1.98. The van der Waals surface area contributed by atoms with Crippen LogP contribution in [0.25, 0.3) is 0 Å². The zero-order chi connectivity index (χ0) is 13.2. The van der Waals surface area contributed by atoms with Gasteiger partial charge in [-0.15, -0.1) is 11.3 Å². The van der Waals surface area contributed by atoms with Crippen molar-refractivity contribution in [1.82, 2.24) is 5.32 Å². The van der Waals surface area contributed by atoms with Crippen molar-refractivity contribution in [1.29, 1.82) is 0 Å². The summed E-state index contributed by atoms with van der Waals surface area (Å²) in [6.07, 6.45) is 4.18. The summed E-state index contributed by atoms with van der Waals surface area (Å²) < 4.78 is 25.6. The van der Waals surface area contributed by atoms with Crippen LogP contribution in [0.2, 0.25) is 0 Å². The van der Waals surface area contributed by atoms with Gasteiger partial charge in [0, 0.05) is 4.88 Å². The molecule has 2 rings (SSSR count).